The van der Waals surface area contributed by atoms with Gasteiger partial charge in [-0.3, -0.25) is 9.59 Å². The lowest BCUT2D eigenvalue weighted by molar-refractivity contribution is -0.143. The van der Waals surface area contributed by atoms with Crippen molar-refractivity contribution < 1.29 is 19.1 Å². The predicted molar refractivity (Wildman–Crippen MR) is 146 cm³/mol. The van der Waals surface area contributed by atoms with Crippen LogP contribution in [0.4, 0.5) is 4.79 Å². The van der Waals surface area contributed by atoms with Gasteiger partial charge in [0, 0.05) is 12.6 Å². The Hall–Kier alpha value is -2.57. The molecule has 3 unspecified atom stereocenters. The molecule has 36 heavy (non-hydrogen) atoms. The molecule has 0 spiro atoms. The summed E-state index contributed by atoms with van der Waals surface area (Å²) in [5, 5.41) is 5.90. The largest absolute Gasteiger partial charge is 0.444 e. The lowest BCUT2D eigenvalue weighted by atomic mass is 9.97. The number of carbonyl (C=O) groups is 3. The number of carbonyl (C=O) groups excluding carboxylic acids is 3. The number of hydrogen-bond donors (Lipinski definition) is 2. The lowest BCUT2D eigenvalue weighted by Gasteiger charge is -2.36. The second-order valence-corrected chi connectivity index (χ2v) is 11.1. The van der Waals surface area contributed by atoms with Gasteiger partial charge in [0.25, 0.3) is 0 Å². The number of amides is 3. The highest BCUT2D eigenvalue weighted by Gasteiger charge is 2.37. The van der Waals surface area contributed by atoms with Crippen LogP contribution < -0.4 is 10.6 Å². The van der Waals surface area contributed by atoms with Crippen molar-refractivity contribution in [1.82, 2.24) is 15.5 Å². The molecule has 1 aromatic carbocycles. The molecule has 2 N–H and O–H groups in total. The molecule has 0 fully saturated rings. The molecule has 1 rings (SSSR count). The SMILES string of the molecule is CCCCCN(C(=O)C(NC(=O)OC(C)(C)C)C(C)C)C(C(=O)NC(C)CCC)c1cccc(C)c1. The monoisotopic (exact) mass is 503 g/mol. The molecule has 0 aromatic heterocycles. The Bertz CT molecular complexity index is 847. The molecule has 0 saturated heterocycles. The molecule has 0 radical (unpaired) electrons. The number of aryl methyl sites for hydroxylation is 1. The number of ether oxygens (including phenoxy) is 1. The fourth-order valence-corrected chi connectivity index (χ4v) is 4.17. The summed E-state index contributed by atoms with van der Waals surface area (Å²) in [5.74, 6) is -0.679. The van der Waals surface area contributed by atoms with Gasteiger partial charge in [0.15, 0.2) is 0 Å². The minimum Gasteiger partial charge on any atom is -0.444 e. The Morgan fingerprint density at radius 3 is 2.19 bits per heavy atom. The first-order valence-corrected chi connectivity index (χ1v) is 13.5. The molecule has 3 amide bonds. The van der Waals surface area contributed by atoms with E-state index in [9.17, 15) is 14.4 Å². The summed E-state index contributed by atoms with van der Waals surface area (Å²) in [7, 11) is 0. The molecule has 3 atom stereocenters. The maximum Gasteiger partial charge on any atom is 0.408 e. The van der Waals surface area contributed by atoms with Gasteiger partial charge in [0.1, 0.15) is 17.7 Å². The zero-order chi connectivity index (χ0) is 27.5. The van der Waals surface area contributed by atoms with E-state index in [-0.39, 0.29) is 23.8 Å². The Balaban J connectivity index is 3.46. The first-order chi connectivity index (χ1) is 16.8. The van der Waals surface area contributed by atoms with Crippen LogP contribution in [-0.2, 0) is 14.3 Å². The van der Waals surface area contributed by atoms with Crippen molar-refractivity contribution in [1.29, 1.82) is 0 Å². The van der Waals surface area contributed by atoms with Gasteiger partial charge in [-0.05, 0) is 58.9 Å². The van der Waals surface area contributed by atoms with Crippen molar-refractivity contribution in [3.63, 3.8) is 0 Å². The summed E-state index contributed by atoms with van der Waals surface area (Å²) >= 11 is 0. The Morgan fingerprint density at radius 1 is 1.00 bits per heavy atom. The highest BCUT2D eigenvalue weighted by atomic mass is 16.6. The Kier molecular flexibility index (Phi) is 13.0. The highest BCUT2D eigenvalue weighted by molar-refractivity contribution is 5.92. The molecule has 0 aliphatic heterocycles. The molecule has 7 nitrogen and oxygen atoms in total. The van der Waals surface area contributed by atoms with Gasteiger partial charge in [-0.15, -0.1) is 0 Å². The fourth-order valence-electron chi connectivity index (χ4n) is 4.17. The summed E-state index contributed by atoms with van der Waals surface area (Å²) in [4.78, 5) is 42.0. The molecule has 204 valence electrons. The van der Waals surface area contributed by atoms with E-state index in [4.69, 9.17) is 4.74 Å². The second-order valence-electron chi connectivity index (χ2n) is 11.1. The maximum atomic E-state index is 14.1. The van der Waals surface area contributed by atoms with Crippen LogP contribution in [0.2, 0.25) is 0 Å². The van der Waals surface area contributed by atoms with Crippen molar-refractivity contribution in [3.05, 3.63) is 35.4 Å². The van der Waals surface area contributed by atoms with E-state index >= 15 is 0 Å². The first-order valence-electron chi connectivity index (χ1n) is 13.5. The number of benzene rings is 1. The van der Waals surface area contributed by atoms with Crippen LogP contribution in [0.15, 0.2) is 24.3 Å². The molecule has 1 aromatic rings. The third kappa shape index (κ3) is 10.6. The quantitative estimate of drug-likeness (QED) is 0.328. The van der Waals surface area contributed by atoms with Gasteiger partial charge in [-0.2, -0.15) is 0 Å². The van der Waals surface area contributed by atoms with Crippen molar-refractivity contribution in [3.8, 4) is 0 Å². The number of unbranched alkanes of at least 4 members (excludes halogenated alkanes) is 2. The van der Waals surface area contributed by atoms with Crippen LogP contribution in [0.1, 0.15) is 105 Å². The van der Waals surface area contributed by atoms with E-state index < -0.39 is 23.8 Å². The molecular formula is C29H49N3O4. The number of rotatable bonds is 13. The predicted octanol–water partition coefficient (Wildman–Crippen LogP) is 5.91. The van der Waals surface area contributed by atoms with Crippen LogP contribution in [0, 0.1) is 12.8 Å². The van der Waals surface area contributed by atoms with E-state index in [0.29, 0.717) is 6.54 Å². The molecule has 7 heteroatoms. The van der Waals surface area contributed by atoms with Gasteiger partial charge in [0.05, 0.1) is 0 Å². The number of hydrogen-bond acceptors (Lipinski definition) is 4. The third-order valence-electron chi connectivity index (χ3n) is 5.92. The van der Waals surface area contributed by atoms with Crippen LogP contribution in [0.25, 0.3) is 0 Å². The zero-order valence-electron chi connectivity index (χ0n) is 23.9. The summed E-state index contributed by atoms with van der Waals surface area (Å²) in [6.07, 6.45) is 3.84. The van der Waals surface area contributed by atoms with E-state index in [2.05, 4.69) is 24.5 Å². The minimum absolute atomic E-state index is 0.0109. The summed E-state index contributed by atoms with van der Waals surface area (Å²) < 4.78 is 5.43. The van der Waals surface area contributed by atoms with Gasteiger partial charge < -0.3 is 20.3 Å². The van der Waals surface area contributed by atoms with Crippen molar-refractivity contribution >= 4 is 17.9 Å². The van der Waals surface area contributed by atoms with Crippen LogP contribution in [0.5, 0.6) is 0 Å². The van der Waals surface area contributed by atoms with Crippen molar-refractivity contribution in [2.24, 2.45) is 5.92 Å². The van der Waals surface area contributed by atoms with Gasteiger partial charge in [-0.1, -0.05) is 76.8 Å². The third-order valence-corrected chi connectivity index (χ3v) is 5.92. The molecule has 0 bridgehead atoms. The molecular weight excluding hydrogens is 454 g/mol. The second kappa shape index (κ2) is 14.9. The Morgan fingerprint density at radius 2 is 1.67 bits per heavy atom. The van der Waals surface area contributed by atoms with Crippen LogP contribution in [-0.4, -0.2) is 47.0 Å². The first kappa shape index (κ1) is 31.5. The number of nitrogens with one attached hydrogen (secondary N) is 2. The highest BCUT2D eigenvalue weighted by Crippen LogP contribution is 2.26. The summed E-state index contributed by atoms with van der Waals surface area (Å²) in [6, 6.07) is 6.11. The number of alkyl carbamates (subject to hydrolysis) is 1. The van der Waals surface area contributed by atoms with Gasteiger partial charge >= 0.3 is 6.09 Å². The van der Waals surface area contributed by atoms with E-state index in [1.807, 2.05) is 52.0 Å². The van der Waals surface area contributed by atoms with E-state index in [1.54, 1.807) is 25.7 Å². The average Bonchev–Trinajstić information content (AvgIpc) is 2.75. The van der Waals surface area contributed by atoms with Gasteiger partial charge in [0.2, 0.25) is 11.8 Å². The fraction of sp³-hybridized carbons (Fsp3) is 0.690. The molecule has 0 heterocycles. The lowest BCUT2D eigenvalue weighted by Crippen LogP contribution is -2.55. The summed E-state index contributed by atoms with van der Waals surface area (Å²) in [5.41, 5.74) is 1.09. The van der Waals surface area contributed by atoms with Crippen LogP contribution in [0.3, 0.4) is 0 Å². The van der Waals surface area contributed by atoms with Crippen molar-refractivity contribution in [2.75, 3.05) is 6.54 Å². The average molecular weight is 504 g/mol. The standard InChI is InChI=1S/C29H49N3O4/c1-10-12-13-18-32(27(34)24(20(3)4)31-28(35)36-29(7,8)9)25(23-17-14-16-21(5)19-23)26(33)30-22(6)15-11-2/h14,16-17,19-20,22,24-25H,10-13,15,18H2,1-9H3,(H,30,33)(H,31,35). The molecule has 0 aliphatic carbocycles. The van der Waals surface area contributed by atoms with Crippen LogP contribution >= 0.6 is 0 Å². The smallest absolute Gasteiger partial charge is 0.408 e. The summed E-state index contributed by atoms with van der Waals surface area (Å²) in [6.45, 7) is 17.7. The minimum atomic E-state index is -0.824. The molecule has 0 saturated carbocycles. The maximum absolute atomic E-state index is 14.1. The van der Waals surface area contributed by atoms with E-state index in [1.165, 1.54) is 0 Å². The zero-order valence-corrected chi connectivity index (χ0v) is 23.9. The normalized spacial score (nSPS) is 14.1. The Labute approximate surface area is 218 Å². The molecule has 0 aliphatic rings. The number of nitrogens with zero attached hydrogens (tertiary/aromatic N) is 1. The van der Waals surface area contributed by atoms with Gasteiger partial charge in [-0.25, -0.2) is 4.79 Å². The topological polar surface area (TPSA) is 87.7 Å². The van der Waals surface area contributed by atoms with E-state index in [0.717, 1.165) is 43.2 Å². The van der Waals surface area contributed by atoms with Crippen molar-refractivity contribution in [2.45, 2.75) is 118 Å².